The van der Waals surface area contributed by atoms with Crippen molar-refractivity contribution in [2.75, 3.05) is 11.9 Å². The maximum Gasteiger partial charge on any atom is 0.297 e. The van der Waals surface area contributed by atoms with E-state index in [0.29, 0.717) is 17.7 Å². The first-order valence-corrected chi connectivity index (χ1v) is 10.5. The molecule has 1 fully saturated rings. The summed E-state index contributed by atoms with van der Waals surface area (Å²) in [4.78, 5) is 29.9. The molecular weight excluding hydrogens is 392 g/mol. The van der Waals surface area contributed by atoms with Crippen molar-refractivity contribution in [3.63, 3.8) is 0 Å². The van der Waals surface area contributed by atoms with Crippen molar-refractivity contribution >= 4 is 11.7 Å². The van der Waals surface area contributed by atoms with Gasteiger partial charge in [-0.2, -0.15) is 0 Å². The molecule has 160 valence electrons. The molecule has 1 atom stereocenters. The molecule has 1 aromatic heterocycles. The van der Waals surface area contributed by atoms with Crippen molar-refractivity contribution in [1.82, 2.24) is 14.9 Å². The average molecular weight is 418 g/mol. The molecule has 1 aliphatic carbocycles. The Morgan fingerprint density at radius 2 is 2.00 bits per heavy atom. The van der Waals surface area contributed by atoms with E-state index in [9.17, 15) is 14.7 Å². The minimum absolute atomic E-state index is 0.0230. The second-order valence-electron chi connectivity index (χ2n) is 7.82. The number of aromatic nitrogens is 2. The predicted molar refractivity (Wildman–Crippen MR) is 120 cm³/mol. The van der Waals surface area contributed by atoms with Gasteiger partial charge in [0.2, 0.25) is 0 Å². The molecule has 0 saturated heterocycles. The fraction of sp³-hybridized carbons (Fsp3) is 0.292. The molecule has 2 aromatic carbocycles. The fourth-order valence-corrected chi connectivity index (χ4v) is 3.51. The van der Waals surface area contributed by atoms with E-state index in [1.807, 2.05) is 43.3 Å². The van der Waals surface area contributed by atoms with E-state index in [2.05, 4.69) is 15.6 Å². The van der Waals surface area contributed by atoms with Crippen LogP contribution in [0.3, 0.4) is 0 Å². The summed E-state index contributed by atoms with van der Waals surface area (Å²) < 4.78 is 1.50. The number of nitrogens with one attached hydrogen (secondary N) is 2. The number of aliphatic hydroxyl groups is 1. The van der Waals surface area contributed by atoms with Crippen molar-refractivity contribution in [1.29, 1.82) is 0 Å². The third-order valence-corrected chi connectivity index (χ3v) is 5.41. The topological polar surface area (TPSA) is 96.2 Å². The van der Waals surface area contributed by atoms with E-state index in [1.54, 1.807) is 24.5 Å². The number of carbonyl (C=O) groups is 1. The van der Waals surface area contributed by atoms with Crippen molar-refractivity contribution in [3.8, 4) is 5.69 Å². The molecule has 1 aliphatic rings. The van der Waals surface area contributed by atoms with Gasteiger partial charge in [-0.15, -0.1) is 0 Å². The molecule has 1 unspecified atom stereocenters. The standard InChI is InChI=1S/C24H26N4O3/c1-16-7-8-18(23(30)26-19-9-10-19)15-21(16)28-13-12-25-22(24(28)31)27-20(11-14-29)17-5-3-2-4-6-17/h2-8,12-13,15,19-20,29H,9-11,14H2,1H3,(H,25,27)(H,26,30). The Balaban J connectivity index is 1.66. The normalized spacial score (nSPS) is 14.1. The van der Waals surface area contributed by atoms with E-state index >= 15 is 0 Å². The monoisotopic (exact) mass is 418 g/mol. The number of anilines is 1. The van der Waals surface area contributed by atoms with Gasteiger partial charge in [0.05, 0.1) is 11.7 Å². The highest BCUT2D eigenvalue weighted by molar-refractivity contribution is 5.95. The number of nitrogens with zero attached hydrogens (tertiary/aromatic N) is 2. The first kappa shape index (κ1) is 20.8. The first-order valence-electron chi connectivity index (χ1n) is 10.5. The molecule has 7 heteroatoms. The molecule has 3 N–H and O–H groups in total. The Hall–Kier alpha value is -3.45. The highest BCUT2D eigenvalue weighted by atomic mass is 16.3. The van der Waals surface area contributed by atoms with E-state index in [-0.39, 0.29) is 36.0 Å². The van der Waals surface area contributed by atoms with Gasteiger partial charge in [0.1, 0.15) is 0 Å². The van der Waals surface area contributed by atoms with E-state index in [0.717, 1.165) is 24.0 Å². The summed E-state index contributed by atoms with van der Waals surface area (Å²) in [6.07, 6.45) is 5.62. The summed E-state index contributed by atoms with van der Waals surface area (Å²) in [6.45, 7) is 1.88. The van der Waals surface area contributed by atoms with Crippen molar-refractivity contribution < 1.29 is 9.90 Å². The van der Waals surface area contributed by atoms with E-state index in [4.69, 9.17) is 0 Å². The number of carbonyl (C=O) groups excluding carboxylic acids is 1. The van der Waals surface area contributed by atoms with Crippen LogP contribution in [0.5, 0.6) is 0 Å². The maximum atomic E-state index is 13.2. The highest BCUT2D eigenvalue weighted by Gasteiger charge is 2.24. The van der Waals surface area contributed by atoms with Gasteiger partial charge in [0.25, 0.3) is 11.5 Å². The van der Waals surface area contributed by atoms with Gasteiger partial charge < -0.3 is 15.7 Å². The third kappa shape index (κ3) is 4.83. The van der Waals surface area contributed by atoms with Crippen LogP contribution in [-0.2, 0) is 0 Å². The van der Waals surface area contributed by atoms with Crippen molar-refractivity contribution in [3.05, 3.63) is 88.0 Å². The summed E-state index contributed by atoms with van der Waals surface area (Å²) in [6, 6.07) is 15.0. The Bertz CT molecular complexity index is 1120. The molecule has 31 heavy (non-hydrogen) atoms. The number of benzene rings is 2. The maximum absolute atomic E-state index is 13.2. The highest BCUT2D eigenvalue weighted by Crippen LogP contribution is 2.22. The van der Waals surface area contributed by atoms with Crippen LogP contribution >= 0.6 is 0 Å². The van der Waals surface area contributed by atoms with Crippen LogP contribution in [0.15, 0.2) is 65.7 Å². The molecule has 1 amide bonds. The van der Waals surface area contributed by atoms with Crippen LogP contribution in [-0.4, -0.2) is 33.2 Å². The van der Waals surface area contributed by atoms with Gasteiger partial charge in [0.15, 0.2) is 5.82 Å². The largest absolute Gasteiger partial charge is 0.396 e. The molecule has 0 spiro atoms. The lowest BCUT2D eigenvalue weighted by Gasteiger charge is -2.19. The summed E-state index contributed by atoms with van der Waals surface area (Å²) >= 11 is 0. The van der Waals surface area contributed by atoms with E-state index in [1.165, 1.54) is 4.57 Å². The summed E-state index contributed by atoms with van der Waals surface area (Å²) in [7, 11) is 0. The second-order valence-corrected chi connectivity index (χ2v) is 7.82. The SMILES string of the molecule is Cc1ccc(C(=O)NC2CC2)cc1-n1ccnc(NC(CCO)c2ccccc2)c1=O. The lowest BCUT2D eigenvalue weighted by Crippen LogP contribution is -2.27. The minimum atomic E-state index is -0.316. The van der Waals surface area contributed by atoms with E-state index < -0.39 is 0 Å². The number of amides is 1. The number of hydrogen-bond donors (Lipinski definition) is 3. The molecular formula is C24H26N4O3. The Morgan fingerprint density at radius 1 is 1.23 bits per heavy atom. The molecule has 4 rings (SSSR count). The van der Waals surface area contributed by atoms with Gasteiger partial charge >= 0.3 is 0 Å². The van der Waals surface area contributed by atoms with Crippen LogP contribution in [0.4, 0.5) is 5.82 Å². The van der Waals surface area contributed by atoms with Gasteiger partial charge in [-0.25, -0.2) is 4.98 Å². The average Bonchev–Trinajstić information content (AvgIpc) is 3.60. The van der Waals surface area contributed by atoms with Gasteiger partial charge in [-0.3, -0.25) is 14.2 Å². The van der Waals surface area contributed by atoms with Crippen LogP contribution in [0.2, 0.25) is 0 Å². The quantitative estimate of drug-likeness (QED) is 0.523. The summed E-state index contributed by atoms with van der Waals surface area (Å²) in [5.41, 5.74) is 2.68. The molecule has 1 heterocycles. The van der Waals surface area contributed by atoms with Gasteiger partial charge in [0, 0.05) is 30.6 Å². The zero-order valence-corrected chi connectivity index (χ0v) is 17.4. The lowest BCUT2D eigenvalue weighted by molar-refractivity contribution is 0.0951. The Kier molecular flexibility index (Phi) is 6.13. The number of aliphatic hydroxyl groups excluding tert-OH is 1. The van der Waals surface area contributed by atoms with Crippen LogP contribution in [0.25, 0.3) is 5.69 Å². The zero-order chi connectivity index (χ0) is 21.8. The predicted octanol–water partition coefficient (Wildman–Crippen LogP) is 2.97. The van der Waals surface area contributed by atoms with Gasteiger partial charge in [-0.1, -0.05) is 36.4 Å². The van der Waals surface area contributed by atoms with Gasteiger partial charge in [-0.05, 0) is 49.4 Å². The molecule has 0 aliphatic heterocycles. The molecule has 1 saturated carbocycles. The Labute approximate surface area is 180 Å². The molecule has 3 aromatic rings. The summed E-state index contributed by atoms with van der Waals surface area (Å²) in [5, 5.41) is 15.6. The molecule has 7 nitrogen and oxygen atoms in total. The van der Waals surface area contributed by atoms with Crippen molar-refractivity contribution in [2.24, 2.45) is 0 Å². The smallest absolute Gasteiger partial charge is 0.297 e. The van der Waals surface area contributed by atoms with Crippen LogP contribution < -0.4 is 16.2 Å². The lowest BCUT2D eigenvalue weighted by atomic mass is 10.0. The second kappa shape index (κ2) is 9.14. The fourth-order valence-electron chi connectivity index (χ4n) is 3.51. The number of rotatable bonds is 8. The zero-order valence-electron chi connectivity index (χ0n) is 17.4. The Morgan fingerprint density at radius 3 is 2.71 bits per heavy atom. The minimum Gasteiger partial charge on any atom is -0.396 e. The molecule has 0 bridgehead atoms. The number of aryl methyl sites for hydroxylation is 1. The number of hydrogen-bond acceptors (Lipinski definition) is 5. The first-order chi connectivity index (χ1) is 15.1. The summed E-state index contributed by atoms with van der Waals surface area (Å²) in [5.74, 6) is 0.0633. The van der Waals surface area contributed by atoms with Crippen LogP contribution in [0.1, 0.15) is 46.8 Å². The van der Waals surface area contributed by atoms with Crippen molar-refractivity contribution in [2.45, 2.75) is 38.3 Å². The molecule has 0 radical (unpaired) electrons. The van der Waals surface area contributed by atoms with Crippen LogP contribution in [0, 0.1) is 6.92 Å². The third-order valence-electron chi connectivity index (χ3n) is 5.41.